The first-order valence-corrected chi connectivity index (χ1v) is 6.33. The van der Waals surface area contributed by atoms with Crippen LogP contribution in [0, 0.1) is 5.92 Å². The van der Waals surface area contributed by atoms with Gasteiger partial charge in [0.1, 0.15) is 0 Å². The minimum Gasteiger partial charge on any atom is -0.306 e. The van der Waals surface area contributed by atoms with E-state index in [0.717, 1.165) is 18.2 Å². The highest BCUT2D eigenvalue weighted by molar-refractivity contribution is 5.04. The van der Waals surface area contributed by atoms with Gasteiger partial charge in [0.15, 0.2) is 0 Å². The molecule has 16 heavy (non-hydrogen) atoms. The molecule has 88 valence electrons. The van der Waals surface area contributed by atoms with Crippen molar-refractivity contribution in [3.8, 4) is 0 Å². The highest BCUT2D eigenvalue weighted by atomic mass is 15.0. The lowest BCUT2D eigenvalue weighted by Crippen LogP contribution is -2.44. The van der Waals surface area contributed by atoms with Crippen LogP contribution < -0.4 is 5.32 Å². The van der Waals surface area contributed by atoms with Gasteiger partial charge in [0.25, 0.3) is 0 Å². The summed E-state index contributed by atoms with van der Waals surface area (Å²) in [5, 5.41) is 3.67. The Bertz CT molecular complexity index is 313. The fourth-order valence-corrected chi connectivity index (χ4v) is 2.38. The predicted molar refractivity (Wildman–Crippen MR) is 67.1 cm³/mol. The van der Waals surface area contributed by atoms with E-state index in [-0.39, 0.29) is 0 Å². The summed E-state index contributed by atoms with van der Waals surface area (Å²) in [6, 6.07) is 6.10. The van der Waals surface area contributed by atoms with E-state index in [1.165, 1.54) is 25.7 Å². The van der Waals surface area contributed by atoms with Gasteiger partial charge in [0, 0.05) is 18.3 Å². The highest BCUT2D eigenvalue weighted by Gasteiger charge is 2.28. The molecule has 1 N–H and O–H groups in total. The van der Waals surface area contributed by atoms with Gasteiger partial charge in [0.05, 0.1) is 5.69 Å². The second kappa shape index (κ2) is 4.96. The molecule has 2 heteroatoms. The van der Waals surface area contributed by atoms with Gasteiger partial charge >= 0.3 is 0 Å². The Hall–Kier alpha value is -0.890. The largest absolute Gasteiger partial charge is 0.306 e. The third kappa shape index (κ3) is 3.05. The van der Waals surface area contributed by atoms with Gasteiger partial charge in [-0.25, -0.2) is 0 Å². The Morgan fingerprint density at radius 2 is 2.12 bits per heavy atom. The van der Waals surface area contributed by atoms with Gasteiger partial charge in [-0.3, -0.25) is 4.98 Å². The van der Waals surface area contributed by atoms with Crippen molar-refractivity contribution in [3.63, 3.8) is 0 Å². The Morgan fingerprint density at radius 1 is 1.38 bits per heavy atom. The first-order valence-electron chi connectivity index (χ1n) is 6.33. The number of aromatic nitrogens is 1. The van der Waals surface area contributed by atoms with Gasteiger partial charge in [-0.05, 0) is 50.7 Å². The summed E-state index contributed by atoms with van der Waals surface area (Å²) in [6.07, 6.45) is 7.15. The molecule has 0 spiro atoms. The van der Waals surface area contributed by atoms with Crippen LogP contribution in [0.25, 0.3) is 0 Å². The zero-order valence-electron chi connectivity index (χ0n) is 10.4. The second-order valence-corrected chi connectivity index (χ2v) is 5.42. The highest BCUT2D eigenvalue weighted by Crippen LogP contribution is 2.31. The van der Waals surface area contributed by atoms with Gasteiger partial charge < -0.3 is 5.32 Å². The Morgan fingerprint density at radius 3 is 2.75 bits per heavy atom. The van der Waals surface area contributed by atoms with Gasteiger partial charge in [-0.1, -0.05) is 13.0 Å². The standard InChI is InChI=1S/C14H22N2/c1-12-6-8-14(2,9-7-12)16-11-13-5-3-4-10-15-13/h3-5,10,12,16H,6-9,11H2,1-2H3. The molecular weight excluding hydrogens is 196 g/mol. The van der Waals surface area contributed by atoms with Crippen LogP contribution in [0.1, 0.15) is 45.2 Å². The SMILES string of the molecule is CC1CCC(C)(NCc2ccccn2)CC1. The molecule has 1 aliphatic carbocycles. The zero-order chi connectivity index (χ0) is 11.4. The van der Waals surface area contributed by atoms with E-state index in [2.05, 4.69) is 36.3 Å². The van der Waals surface area contributed by atoms with Crippen molar-refractivity contribution in [2.45, 2.75) is 51.6 Å². The van der Waals surface area contributed by atoms with Crippen molar-refractivity contribution in [3.05, 3.63) is 30.1 Å². The zero-order valence-corrected chi connectivity index (χ0v) is 10.4. The van der Waals surface area contributed by atoms with E-state index in [4.69, 9.17) is 0 Å². The quantitative estimate of drug-likeness (QED) is 0.843. The van der Waals surface area contributed by atoms with Crippen molar-refractivity contribution < 1.29 is 0 Å². The van der Waals surface area contributed by atoms with Crippen molar-refractivity contribution in [1.29, 1.82) is 0 Å². The van der Waals surface area contributed by atoms with Crippen molar-refractivity contribution in [1.82, 2.24) is 10.3 Å². The average molecular weight is 218 g/mol. The molecule has 2 nitrogen and oxygen atoms in total. The molecule has 0 atom stereocenters. The van der Waals surface area contributed by atoms with Gasteiger partial charge in [-0.15, -0.1) is 0 Å². The average Bonchev–Trinajstić information content (AvgIpc) is 2.33. The van der Waals surface area contributed by atoms with Gasteiger partial charge in [-0.2, -0.15) is 0 Å². The Kier molecular flexibility index (Phi) is 3.59. The molecule has 0 unspecified atom stereocenters. The van der Waals surface area contributed by atoms with Crippen LogP contribution >= 0.6 is 0 Å². The molecule has 1 aromatic heterocycles. The van der Waals surface area contributed by atoms with Crippen LogP contribution in [-0.4, -0.2) is 10.5 Å². The molecule has 0 radical (unpaired) electrons. The van der Waals surface area contributed by atoms with E-state index >= 15 is 0 Å². The minimum absolute atomic E-state index is 0.323. The van der Waals surface area contributed by atoms with Crippen LogP contribution in [0.2, 0.25) is 0 Å². The summed E-state index contributed by atoms with van der Waals surface area (Å²) < 4.78 is 0. The Balaban J connectivity index is 1.85. The molecule has 0 saturated heterocycles. The molecule has 0 bridgehead atoms. The van der Waals surface area contributed by atoms with Crippen LogP contribution in [0.3, 0.4) is 0 Å². The van der Waals surface area contributed by atoms with Crippen LogP contribution in [0.5, 0.6) is 0 Å². The topological polar surface area (TPSA) is 24.9 Å². The summed E-state index contributed by atoms with van der Waals surface area (Å²) in [7, 11) is 0. The fourth-order valence-electron chi connectivity index (χ4n) is 2.38. The third-order valence-corrected chi connectivity index (χ3v) is 3.80. The fraction of sp³-hybridized carbons (Fsp3) is 0.643. The normalized spacial score (nSPS) is 30.2. The summed E-state index contributed by atoms with van der Waals surface area (Å²) >= 11 is 0. The lowest BCUT2D eigenvalue weighted by Gasteiger charge is -2.37. The molecule has 1 fully saturated rings. The maximum absolute atomic E-state index is 4.35. The summed E-state index contributed by atoms with van der Waals surface area (Å²) in [4.78, 5) is 4.35. The molecule has 2 rings (SSSR count). The minimum atomic E-state index is 0.323. The van der Waals surface area contributed by atoms with Crippen LogP contribution in [0.15, 0.2) is 24.4 Å². The Labute approximate surface area is 98.5 Å². The predicted octanol–water partition coefficient (Wildman–Crippen LogP) is 3.14. The molecule has 1 aromatic rings. The maximum atomic E-state index is 4.35. The number of hydrogen-bond acceptors (Lipinski definition) is 2. The van der Waals surface area contributed by atoms with E-state index in [0.29, 0.717) is 5.54 Å². The number of nitrogens with one attached hydrogen (secondary N) is 1. The van der Waals surface area contributed by atoms with Crippen LogP contribution in [0.4, 0.5) is 0 Å². The molecule has 0 aliphatic heterocycles. The molecule has 0 amide bonds. The van der Waals surface area contributed by atoms with Crippen molar-refractivity contribution in [2.75, 3.05) is 0 Å². The maximum Gasteiger partial charge on any atom is 0.0541 e. The molecular formula is C14H22N2. The van der Waals surface area contributed by atoms with E-state index in [1.54, 1.807) is 0 Å². The van der Waals surface area contributed by atoms with Gasteiger partial charge in [0.2, 0.25) is 0 Å². The third-order valence-electron chi connectivity index (χ3n) is 3.80. The lowest BCUT2D eigenvalue weighted by atomic mass is 9.78. The number of pyridine rings is 1. The molecule has 1 aliphatic rings. The van der Waals surface area contributed by atoms with Crippen molar-refractivity contribution >= 4 is 0 Å². The monoisotopic (exact) mass is 218 g/mol. The summed E-state index contributed by atoms with van der Waals surface area (Å²) in [6.45, 7) is 5.60. The molecule has 0 aromatic carbocycles. The second-order valence-electron chi connectivity index (χ2n) is 5.42. The first kappa shape index (κ1) is 11.6. The molecule has 1 saturated carbocycles. The number of hydrogen-bond donors (Lipinski definition) is 1. The van der Waals surface area contributed by atoms with E-state index < -0.39 is 0 Å². The number of rotatable bonds is 3. The number of nitrogens with zero attached hydrogens (tertiary/aromatic N) is 1. The summed E-state index contributed by atoms with van der Waals surface area (Å²) in [5.41, 5.74) is 1.46. The van der Waals surface area contributed by atoms with E-state index in [9.17, 15) is 0 Å². The van der Waals surface area contributed by atoms with E-state index in [1.807, 2.05) is 12.3 Å². The lowest BCUT2D eigenvalue weighted by molar-refractivity contribution is 0.212. The molecule has 1 heterocycles. The smallest absolute Gasteiger partial charge is 0.0541 e. The first-order chi connectivity index (χ1) is 7.68. The summed E-state index contributed by atoms with van der Waals surface area (Å²) in [5.74, 6) is 0.907. The van der Waals surface area contributed by atoms with Crippen LogP contribution in [-0.2, 0) is 6.54 Å². The van der Waals surface area contributed by atoms with Crippen molar-refractivity contribution in [2.24, 2.45) is 5.92 Å².